The lowest BCUT2D eigenvalue weighted by Gasteiger charge is -2.05. The van der Waals surface area contributed by atoms with E-state index in [1.165, 1.54) is 64.6 Å². The summed E-state index contributed by atoms with van der Waals surface area (Å²) in [7, 11) is 0. The molecule has 0 radical (unpaired) electrons. The highest BCUT2D eigenvalue weighted by atomic mass is 14.8. The molecule has 0 aliphatic rings. The van der Waals surface area contributed by atoms with E-state index in [0.717, 1.165) is 13.1 Å². The quantitative estimate of drug-likeness (QED) is 0.423. The first kappa shape index (κ1) is 15.9. The van der Waals surface area contributed by atoms with Crippen LogP contribution in [0.5, 0.6) is 0 Å². The Morgan fingerprint density at radius 2 is 1.19 bits per heavy atom. The molecule has 0 rings (SSSR count). The van der Waals surface area contributed by atoms with Crippen LogP contribution in [0.25, 0.3) is 0 Å². The van der Waals surface area contributed by atoms with Crippen molar-refractivity contribution in [3.63, 3.8) is 0 Å². The molecule has 0 saturated carbocycles. The topological polar surface area (TPSA) is 50.1 Å². The highest BCUT2D eigenvalue weighted by Gasteiger charge is 1.91. The Labute approximate surface area is 102 Å². The summed E-state index contributed by atoms with van der Waals surface area (Å²) in [6.07, 6.45) is 8.92. The zero-order valence-electron chi connectivity index (χ0n) is 11.1. The highest BCUT2D eigenvalue weighted by molar-refractivity contribution is 4.52. The van der Waals surface area contributed by atoms with Gasteiger partial charge in [0.1, 0.15) is 0 Å². The summed E-state index contributed by atoms with van der Waals surface area (Å²) in [5.74, 6) is 0. The van der Waals surface area contributed by atoms with Crippen molar-refractivity contribution >= 4 is 0 Å². The van der Waals surface area contributed by atoms with E-state index >= 15 is 0 Å². The van der Waals surface area contributed by atoms with Gasteiger partial charge in [-0.3, -0.25) is 0 Å². The molecule has 0 heterocycles. The molecule has 4 N–H and O–H groups in total. The van der Waals surface area contributed by atoms with Crippen molar-refractivity contribution in [2.24, 2.45) is 5.73 Å². The normalized spacial score (nSPS) is 10.9. The maximum absolute atomic E-state index is 5.43. The van der Waals surface area contributed by atoms with Gasteiger partial charge in [0.15, 0.2) is 0 Å². The first-order chi connectivity index (χ1) is 7.91. The molecule has 3 nitrogen and oxygen atoms in total. The standard InChI is InChI=1S/C13H31N3/c1-2-10-15-11-7-4-8-13-16-12-6-3-5-9-14/h15-16H,2-14H2,1H3. The Kier molecular flexibility index (Phi) is 14.8. The Balaban J connectivity index is 2.83. The van der Waals surface area contributed by atoms with Crippen molar-refractivity contribution in [2.45, 2.75) is 51.9 Å². The lowest BCUT2D eigenvalue weighted by molar-refractivity contribution is 0.554. The zero-order valence-corrected chi connectivity index (χ0v) is 11.1. The molecule has 0 bridgehead atoms. The van der Waals surface area contributed by atoms with Crippen LogP contribution >= 0.6 is 0 Å². The van der Waals surface area contributed by atoms with E-state index in [2.05, 4.69) is 17.6 Å². The lowest BCUT2D eigenvalue weighted by atomic mass is 10.2. The molecule has 0 aliphatic heterocycles. The summed E-state index contributed by atoms with van der Waals surface area (Å²) in [5, 5.41) is 6.91. The lowest BCUT2D eigenvalue weighted by Crippen LogP contribution is -2.18. The minimum atomic E-state index is 0.838. The average molecular weight is 229 g/mol. The molecule has 0 saturated heterocycles. The van der Waals surface area contributed by atoms with Crippen molar-refractivity contribution in [3.8, 4) is 0 Å². The summed E-state index contributed by atoms with van der Waals surface area (Å²) in [6.45, 7) is 7.74. The number of unbranched alkanes of at least 4 members (excludes halogenated alkanes) is 4. The van der Waals surface area contributed by atoms with Gasteiger partial charge in [-0.2, -0.15) is 0 Å². The van der Waals surface area contributed by atoms with Crippen LogP contribution in [-0.2, 0) is 0 Å². The molecule has 0 fully saturated rings. The van der Waals surface area contributed by atoms with Gasteiger partial charge >= 0.3 is 0 Å². The van der Waals surface area contributed by atoms with Crippen LogP contribution in [0, 0.1) is 0 Å². The first-order valence-electron chi connectivity index (χ1n) is 7.03. The van der Waals surface area contributed by atoms with E-state index in [9.17, 15) is 0 Å². The van der Waals surface area contributed by atoms with E-state index < -0.39 is 0 Å². The molecule has 0 aromatic heterocycles. The van der Waals surface area contributed by atoms with Crippen LogP contribution in [-0.4, -0.2) is 32.7 Å². The van der Waals surface area contributed by atoms with Gasteiger partial charge in [0.25, 0.3) is 0 Å². The smallest absolute Gasteiger partial charge is 0.00489 e. The number of nitrogens with one attached hydrogen (secondary N) is 2. The molecule has 0 amide bonds. The first-order valence-corrected chi connectivity index (χ1v) is 7.03. The minimum Gasteiger partial charge on any atom is -0.330 e. The summed E-state index contributed by atoms with van der Waals surface area (Å²) in [6, 6.07) is 0. The van der Waals surface area contributed by atoms with Gasteiger partial charge in [-0.1, -0.05) is 19.8 Å². The van der Waals surface area contributed by atoms with Crippen molar-refractivity contribution in [1.82, 2.24) is 10.6 Å². The molecule has 0 spiro atoms. The zero-order chi connectivity index (χ0) is 11.9. The molecule has 0 atom stereocenters. The number of rotatable bonds is 13. The van der Waals surface area contributed by atoms with Crippen molar-refractivity contribution in [2.75, 3.05) is 32.7 Å². The van der Waals surface area contributed by atoms with Crippen LogP contribution in [0.3, 0.4) is 0 Å². The fraction of sp³-hybridized carbons (Fsp3) is 1.00. The van der Waals surface area contributed by atoms with Crippen LogP contribution in [0.1, 0.15) is 51.9 Å². The van der Waals surface area contributed by atoms with Gasteiger partial charge in [-0.25, -0.2) is 0 Å². The second-order valence-corrected chi connectivity index (χ2v) is 4.41. The summed E-state index contributed by atoms with van der Waals surface area (Å²) < 4.78 is 0. The van der Waals surface area contributed by atoms with E-state index in [0.29, 0.717) is 0 Å². The van der Waals surface area contributed by atoms with Crippen LogP contribution in [0.4, 0.5) is 0 Å². The molecule has 0 aromatic rings. The second kappa shape index (κ2) is 14.9. The predicted octanol–water partition coefficient (Wildman–Crippen LogP) is 1.87. The maximum Gasteiger partial charge on any atom is -0.00489 e. The van der Waals surface area contributed by atoms with Gasteiger partial charge in [-0.05, 0) is 64.8 Å². The summed E-state index contributed by atoms with van der Waals surface area (Å²) in [4.78, 5) is 0. The molecular weight excluding hydrogens is 198 g/mol. The number of hydrogen-bond donors (Lipinski definition) is 3. The third-order valence-corrected chi connectivity index (χ3v) is 2.69. The predicted molar refractivity (Wildman–Crippen MR) is 72.8 cm³/mol. The Hall–Kier alpha value is -0.120. The molecular formula is C13H31N3. The fourth-order valence-electron chi connectivity index (χ4n) is 1.67. The Bertz CT molecular complexity index is 104. The molecule has 0 aliphatic carbocycles. The van der Waals surface area contributed by atoms with Crippen LogP contribution < -0.4 is 16.4 Å². The maximum atomic E-state index is 5.43. The van der Waals surface area contributed by atoms with Gasteiger partial charge in [0.2, 0.25) is 0 Å². The van der Waals surface area contributed by atoms with Crippen LogP contribution in [0.15, 0.2) is 0 Å². The van der Waals surface area contributed by atoms with Gasteiger partial charge in [-0.15, -0.1) is 0 Å². The molecule has 0 unspecified atom stereocenters. The van der Waals surface area contributed by atoms with Gasteiger partial charge < -0.3 is 16.4 Å². The SMILES string of the molecule is CCCNCCCCCNCCCCCN. The van der Waals surface area contributed by atoms with E-state index in [1.807, 2.05) is 0 Å². The molecule has 98 valence electrons. The minimum absolute atomic E-state index is 0.838. The summed E-state index contributed by atoms with van der Waals surface area (Å²) in [5.41, 5.74) is 5.43. The third kappa shape index (κ3) is 13.9. The molecule has 0 aromatic carbocycles. The van der Waals surface area contributed by atoms with Gasteiger partial charge in [0.05, 0.1) is 0 Å². The van der Waals surface area contributed by atoms with Crippen LogP contribution in [0.2, 0.25) is 0 Å². The molecule has 16 heavy (non-hydrogen) atoms. The Morgan fingerprint density at radius 3 is 1.69 bits per heavy atom. The van der Waals surface area contributed by atoms with E-state index in [1.54, 1.807) is 0 Å². The van der Waals surface area contributed by atoms with Crippen molar-refractivity contribution in [1.29, 1.82) is 0 Å². The third-order valence-electron chi connectivity index (χ3n) is 2.69. The largest absolute Gasteiger partial charge is 0.330 e. The van der Waals surface area contributed by atoms with Crippen molar-refractivity contribution in [3.05, 3.63) is 0 Å². The van der Waals surface area contributed by atoms with E-state index in [-0.39, 0.29) is 0 Å². The van der Waals surface area contributed by atoms with Crippen molar-refractivity contribution < 1.29 is 0 Å². The summed E-state index contributed by atoms with van der Waals surface area (Å²) >= 11 is 0. The molecule has 3 heteroatoms. The number of nitrogens with two attached hydrogens (primary N) is 1. The fourth-order valence-corrected chi connectivity index (χ4v) is 1.67. The number of hydrogen-bond acceptors (Lipinski definition) is 3. The Morgan fingerprint density at radius 1 is 0.688 bits per heavy atom. The second-order valence-electron chi connectivity index (χ2n) is 4.41. The highest BCUT2D eigenvalue weighted by Crippen LogP contribution is 1.94. The van der Waals surface area contributed by atoms with Gasteiger partial charge in [0, 0.05) is 0 Å². The monoisotopic (exact) mass is 229 g/mol. The average Bonchev–Trinajstić information content (AvgIpc) is 2.31. The van der Waals surface area contributed by atoms with E-state index in [4.69, 9.17) is 5.73 Å².